The Kier molecular flexibility index (Phi) is 4.73. The third-order valence-electron chi connectivity index (χ3n) is 5.12. The summed E-state index contributed by atoms with van der Waals surface area (Å²) in [6.07, 6.45) is 0.143. The molecule has 1 fully saturated rings. The van der Waals surface area contributed by atoms with Gasteiger partial charge in [0.15, 0.2) is 11.5 Å². The quantitative estimate of drug-likeness (QED) is 0.602. The number of fused-ring (bicyclic) bond motifs is 1. The van der Waals surface area contributed by atoms with E-state index in [0.29, 0.717) is 18.1 Å². The van der Waals surface area contributed by atoms with Gasteiger partial charge in [-0.2, -0.15) is 0 Å². The van der Waals surface area contributed by atoms with Crippen LogP contribution in [0.25, 0.3) is 0 Å². The average molecular weight is 348 g/mol. The van der Waals surface area contributed by atoms with Gasteiger partial charge in [0.25, 0.3) is 0 Å². The first-order valence-corrected chi connectivity index (χ1v) is 8.65. The third kappa shape index (κ3) is 3.35. The third-order valence-corrected chi connectivity index (χ3v) is 5.12. The first-order chi connectivity index (χ1) is 11.7. The fourth-order valence-electron chi connectivity index (χ4n) is 3.05. The second-order valence-electron chi connectivity index (χ2n) is 7.32. The summed E-state index contributed by atoms with van der Waals surface area (Å²) in [6, 6.07) is 5.65. The molecule has 0 N–H and O–H groups in total. The van der Waals surface area contributed by atoms with Gasteiger partial charge in [-0.15, -0.1) is 0 Å². The minimum Gasteiger partial charge on any atom is -0.466 e. The van der Waals surface area contributed by atoms with Gasteiger partial charge in [0.1, 0.15) is 0 Å². The summed E-state index contributed by atoms with van der Waals surface area (Å²) in [7, 11) is -0.579. The van der Waals surface area contributed by atoms with Gasteiger partial charge in [-0.25, -0.2) is 0 Å². The molecule has 1 atom stereocenters. The molecule has 1 saturated heterocycles. The zero-order valence-corrected chi connectivity index (χ0v) is 15.5. The Balaban J connectivity index is 1.95. The van der Waals surface area contributed by atoms with Crippen LogP contribution in [0.1, 0.15) is 52.4 Å². The molecule has 2 aliphatic heterocycles. The molecule has 7 heteroatoms. The highest BCUT2D eigenvalue weighted by Gasteiger charge is 2.55. The molecule has 1 aromatic carbocycles. The van der Waals surface area contributed by atoms with Crippen LogP contribution in [-0.2, 0) is 18.8 Å². The van der Waals surface area contributed by atoms with E-state index in [4.69, 9.17) is 23.5 Å². The van der Waals surface area contributed by atoms with Gasteiger partial charge < -0.3 is 23.5 Å². The topological polar surface area (TPSA) is 63.2 Å². The maximum atomic E-state index is 12.2. The molecule has 0 aromatic heterocycles. The van der Waals surface area contributed by atoms with Gasteiger partial charge in [-0.05, 0) is 46.2 Å². The molecule has 1 aromatic rings. The van der Waals surface area contributed by atoms with Crippen LogP contribution in [0.3, 0.4) is 0 Å². The van der Waals surface area contributed by atoms with Crippen molar-refractivity contribution in [3.63, 3.8) is 0 Å². The molecule has 25 heavy (non-hydrogen) atoms. The number of ether oxygens (including phenoxy) is 3. The lowest BCUT2D eigenvalue weighted by Gasteiger charge is -2.32. The number of carbonyl (C=O) groups excluding carboxylic acids is 1. The second-order valence-corrected chi connectivity index (χ2v) is 7.32. The van der Waals surface area contributed by atoms with E-state index in [0.717, 1.165) is 5.56 Å². The fourth-order valence-corrected chi connectivity index (χ4v) is 3.05. The number of carbonyl (C=O) groups is 1. The highest BCUT2D eigenvalue weighted by molar-refractivity contribution is 6.48. The van der Waals surface area contributed by atoms with Crippen molar-refractivity contribution in [2.75, 3.05) is 13.4 Å². The van der Waals surface area contributed by atoms with E-state index in [1.165, 1.54) is 0 Å². The van der Waals surface area contributed by atoms with E-state index < -0.39 is 18.3 Å². The van der Waals surface area contributed by atoms with Crippen molar-refractivity contribution in [1.29, 1.82) is 0 Å². The Morgan fingerprint density at radius 3 is 2.52 bits per heavy atom. The first-order valence-electron chi connectivity index (χ1n) is 8.65. The van der Waals surface area contributed by atoms with Gasteiger partial charge in [0.05, 0.1) is 24.2 Å². The maximum Gasteiger partial charge on any atom is 0.466 e. The van der Waals surface area contributed by atoms with E-state index in [9.17, 15) is 4.79 Å². The monoisotopic (exact) mass is 348 g/mol. The van der Waals surface area contributed by atoms with Gasteiger partial charge in [-0.3, -0.25) is 4.79 Å². The SMILES string of the molecule is CCOC(=O)CC(B1OC(C)(C)C(C)(C)O1)c1cccc2c1OCO2. The summed E-state index contributed by atoms with van der Waals surface area (Å²) in [5, 5.41) is 0. The molecular weight excluding hydrogens is 323 g/mol. The van der Waals surface area contributed by atoms with Crippen molar-refractivity contribution < 1.29 is 28.3 Å². The number of benzene rings is 1. The predicted molar refractivity (Wildman–Crippen MR) is 92.6 cm³/mol. The number of hydrogen-bond donors (Lipinski definition) is 0. The van der Waals surface area contributed by atoms with Crippen molar-refractivity contribution in [2.24, 2.45) is 0 Å². The molecule has 2 heterocycles. The van der Waals surface area contributed by atoms with Crippen molar-refractivity contribution >= 4 is 13.1 Å². The summed E-state index contributed by atoms with van der Waals surface area (Å²) in [5.74, 6) is 0.671. The smallest absolute Gasteiger partial charge is 0.466 e. The maximum absolute atomic E-state index is 12.2. The summed E-state index contributed by atoms with van der Waals surface area (Å²) >= 11 is 0. The second kappa shape index (κ2) is 6.54. The molecule has 3 rings (SSSR count). The van der Waals surface area contributed by atoms with Crippen LogP contribution in [-0.4, -0.2) is 37.7 Å². The summed E-state index contributed by atoms with van der Waals surface area (Å²) < 4.78 is 28.6. The molecule has 0 spiro atoms. The van der Waals surface area contributed by atoms with Crippen LogP contribution < -0.4 is 9.47 Å². The molecule has 136 valence electrons. The fraction of sp³-hybridized carbons (Fsp3) is 0.611. The first kappa shape index (κ1) is 18.1. The minimum atomic E-state index is -0.579. The lowest BCUT2D eigenvalue weighted by Crippen LogP contribution is -2.41. The van der Waals surface area contributed by atoms with Crippen molar-refractivity contribution in [2.45, 2.75) is 58.1 Å². The van der Waals surface area contributed by atoms with Gasteiger partial charge in [0, 0.05) is 5.82 Å². The van der Waals surface area contributed by atoms with Crippen LogP contribution in [0, 0.1) is 0 Å². The minimum absolute atomic E-state index is 0.143. The van der Waals surface area contributed by atoms with E-state index in [1.807, 2.05) is 45.9 Å². The van der Waals surface area contributed by atoms with Crippen LogP contribution in [0.4, 0.5) is 0 Å². The molecule has 2 aliphatic rings. The molecule has 0 bridgehead atoms. The van der Waals surface area contributed by atoms with Crippen LogP contribution >= 0.6 is 0 Å². The van der Waals surface area contributed by atoms with E-state index >= 15 is 0 Å². The molecule has 0 saturated carbocycles. The Morgan fingerprint density at radius 1 is 1.20 bits per heavy atom. The Labute approximate surface area is 148 Å². The molecule has 1 unspecified atom stereocenters. The predicted octanol–water partition coefficient (Wildman–Crippen LogP) is 3.08. The zero-order chi connectivity index (χ0) is 18.2. The van der Waals surface area contributed by atoms with Crippen LogP contribution in [0.2, 0.25) is 0 Å². The zero-order valence-electron chi connectivity index (χ0n) is 15.5. The molecule has 0 radical (unpaired) electrons. The molecular formula is C18H25BO6. The van der Waals surface area contributed by atoms with Gasteiger partial charge >= 0.3 is 13.1 Å². The highest BCUT2D eigenvalue weighted by Crippen LogP contribution is 2.46. The number of para-hydroxylation sites is 1. The number of rotatable bonds is 5. The molecule has 0 amide bonds. The summed E-state index contributed by atoms with van der Waals surface area (Å²) in [4.78, 5) is 12.2. The van der Waals surface area contributed by atoms with Crippen LogP contribution in [0.15, 0.2) is 18.2 Å². The van der Waals surface area contributed by atoms with E-state index in [2.05, 4.69) is 0 Å². The van der Waals surface area contributed by atoms with E-state index in [-0.39, 0.29) is 25.0 Å². The van der Waals surface area contributed by atoms with Crippen LogP contribution in [0.5, 0.6) is 11.5 Å². The number of esters is 1. The molecule has 0 aliphatic carbocycles. The Morgan fingerprint density at radius 2 is 1.88 bits per heavy atom. The lowest BCUT2D eigenvalue weighted by molar-refractivity contribution is -0.143. The van der Waals surface area contributed by atoms with Crippen molar-refractivity contribution in [3.8, 4) is 11.5 Å². The van der Waals surface area contributed by atoms with E-state index in [1.54, 1.807) is 6.92 Å². The standard InChI is InChI=1S/C18H25BO6/c1-6-21-15(20)10-13(19-24-17(2,3)18(4,5)25-19)12-8-7-9-14-16(12)23-11-22-14/h7-9,13H,6,10-11H2,1-5H3. The number of hydrogen-bond acceptors (Lipinski definition) is 6. The average Bonchev–Trinajstić information content (AvgIpc) is 3.07. The highest BCUT2D eigenvalue weighted by atomic mass is 16.7. The summed E-state index contributed by atoms with van der Waals surface area (Å²) in [5.41, 5.74) is -0.138. The largest absolute Gasteiger partial charge is 0.466 e. The van der Waals surface area contributed by atoms with Gasteiger partial charge in [-0.1, -0.05) is 12.1 Å². The summed E-state index contributed by atoms with van der Waals surface area (Å²) in [6.45, 7) is 10.3. The lowest BCUT2D eigenvalue weighted by atomic mass is 9.66. The Hall–Kier alpha value is -1.73. The molecule has 6 nitrogen and oxygen atoms in total. The Bertz CT molecular complexity index is 641. The van der Waals surface area contributed by atoms with Gasteiger partial charge in [0.2, 0.25) is 6.79 Å². The normalized spacial score (nSPS) is 21.2. The van der Waals surface area contributed by atoms with Crippen molar-refractivity contribution in [3.05, 3.63) is 23.8 Å². The van der Waals surface area contributed by atoms with Crippen molar-refractivity contribution in [1.82, 2.24) is 0 Å².